The summed E-state index contributed by atoms with van der Waals surface area (Å²) in [6.07, 6.45) is -0.663. The Morgan fingerprint density at radius 2 is 1.90 bits per heavy atom. The van der Waals surface area contributed by atoms with Gasteiger partial charge < -0.3 is 16.6 Å². The van der Waals surface area contributed by atoms with Gasteiger partial charge in [-0.3, -0.25) is 0 Å². The summed E-state index contributed by atoms with van der Waals surface area (Å²) < 4.78 is 0. The topological polar surface area (TPSA) is 122 Å². The van der Waals surface area contributed by atoms with Crippen molar-refractivity contribution in [3.8, 4) is 6.07 Å². The zero-order chi connectivity index (χ0) is 14.7. The van der Waals surface area contributed by atoms with Crippen molar-refractivity contribution in [1.82, 2.24) is 9.97 Å². The van der Waals surface area contributed by atoms with E-state index in [-0.39, 0.29) is 11.6 Å². The quantitative estimate of drug-likeness (QED) is 0.734. The molecule has 0 amide bonds. The number of benzene rings is 1. The van der Waals surface area contributed by atoms with Crippen molar-refractivity contribution in [1.29, 1.82) is 5.26 Å². The molecule has 2 aromatic rings. The van der Waals surface area contributed by atoms with Gasteiger partial charge in [0.2, 0.25) is 0 Å². The highest BCUT2D eigenvalue weighted by molar-refractivity contribution is 7.99. The van der Waals surface area contributed by atoms with Crippen LogP contribution in [0, 0.1) is 11.3 Å². The first-order chi connectivity index (χ1) is 9.49. The largest absolute Gasteiger partial charge is 0.389 e. The minimum absolute atomic E-state index is 0.273. The molecule has 0 spiro atoms. The van der Waals surface area contributed by atoms with E-state index in [0.29, 0.717) is 21.2 Å². The Morgan fingerprint density at radius 3 is 2.45 bits per heavy atom. The fraction of sp³-hybridized carbons (Fsp3) is 0.154. The molecule has 1 unspecified atom stereocenters. The fourth-order valence-electron chi connectivity index (χ4n) is 1.64. The Bertz CT molecular complexity index is 661. The molecule has 0 aliphatic heterocycles. The van der Waals surface area contributed by atoms with Crippen molar-refractivity contribution in [3.63, 3.8) is 0 Å². The molecule has 0 saturated heterocycles. The molecule has 2 rings (SSSR count). The van der Waals surface area contributed by atoms with E-state index in [1.807, 2.05) is 0 Å². The third-order valence-corrected chi connectivity index (χ3v) is 3.48. The minimum atomic E-state index is -0.663. The van der Waals surface area contributed by atoms with Crippen molar-refractivity contribution in [2.75, 3.05) is 11.5 Å². The van der Waals surface area contributed by atoms with Gasteiger partial charge in [-0.2, -0.15) is 5.26 Å². The molecule has 6 nitrogen and oxygen atoms in total. The summed E-state index contributed by atoms with van der Waals surface area (Å²) in [6, 6.07) is 8.56. The first-order valence-electron chi connectivity index (χ1n) is 5.79. The van der Waals surface area contributed by atoms with E-state index in [2.05, 4.69) is 16.0 Å². The van der Waals surface area contributed by atoms with Crippen molar-refractivity contribution < 1.29 is 5.11 Å². The number of hydrogen-bond acceptors (Lipinski definition) is 7. The minimum Gasteiger partial charge on any atom is -0.389 e. The third-order valence-electron chi connectivity index (χ3n) is 2.54. The summed E-state index contributed by atoms with van der Waals surface area (Å²) in [5, 5.41) is 19.1. The van der Waals surface area contributed by atoms with Crippen molar-refractivity contribution in [2.24, 2.45) is 0 Å². The summed E-state index contributed by atoms with van der Waals surface area (Å²) in [4.78, 5) is 8.84. The lowest BCUT2D eigenvalue weighted by Gasteiger charge is -2.11. The molecular weight excluding hydrogens is 274 g/mol. The maximum atomic E-state index is 9.77. The predicted molar refractivity (Wildman–Crippen MR) is 76.8 cm³/mol. The number of anilines is 2. The van der Waals surface area contributed by atoms with E-state index in [4.69, 9.17) is 16.7 Å². The molecule has 0 bridgehead atoms. The summed E-state index contributed by atoms with van der Waals surface area (Å²) >= 11 is 1.21. The van der Waals surface area contributed by atoms with Crippen molar-refractivity contribution in [2.45, 2.75) is 23.1 Å². The molecule has 5 N–H and O–H groups in total. The molecule has 102 valence electrons. The first kappa shape index (κ1) is 14.1. The highest BCUT2D eigenvalue weighted by Gasteiger charge is 2.12. The van der Waals surface area contributed by atoms with Gasteiger partial charge in [-0.05, 0) is 36.4 Å². The SMILES string of the molecule is CC(O)c1ccc(C#N)cc1Sc1nc(N)cc(N)n1. The fourth-order valence-corrected chi connectivity index (χ4v) is 2.68. The highest BCUT2D eigenvalue weighted by Crippen LogP contribution is 2.32. The van der Waals surface area contributed by atoms with Gasteiger partial charge in [-0.25, -0.2) is 9.97 Å². The van der Waals surface area contributed by atoms with Gasteiger partial charge >= 0.3 is 0 Å². The van der Waals surface area contributed by atoms with Crippen molar-refractivity contribution in [3.05, 3.63) is 35.4 Å². The van der Waals surface area contributed by atoms with Crippen LogP contribution in [0.5, 0.6) is 0 Å². The molecule has 0 aliphatic rings. The molecule has 0 aliphatic carbocycles. The number of nitrogens with zero attached hydrogens (tertiary/aromatic N) is 3. The number of rotatable bonds is 3. The predicted octanol–water partition coefficient (Wildman–Crippen LogP) is 1.72. The zero-order valence-electron chi connectivity index (χ0n) is 10.7. The Balaban J connectivity index is 2.43. The van der Waals surface area contributed by atoms with E-state index in [1.165, 1.54) is 17.8 Å². The molecule has 1 aromatic carbocycles. The van der Waals surface area contributed by atoms with Gasteiger partial charge in [0, 0.05) is 11.0 Å². The summed E-state index contributed by atoms with van der Waals surface area (Å²) in [5.74, 6) is 0.546. The molecule has 20 heavy (non-hydrogen) atoms. The number of nitriles is 1. The lowest BCUT2D eigenvalue weighted by Crippen LogP contribution is -2.00. The van der Waals surface area contributed by atoms with Crippen LogP contribution in [0.2, 0.25) is 0 Å². The monoisotopic (exact) mass is 287 g/mol. The molecule has 0 radical (unpaired) electrons. The molecule has 1 heterocycles. The number of nitrogen functional groups attached to an aromatic ring is 2. The molecule has 0 fully saturated rings. The number of aromatic nitrogens is 2. The van der Waals surface area contributed by atoms with E-state index < -0.39 is 6.10 Å². The Morgan fingerprint density at radius 1 is 1.25 bits per heavy atom. The van der Waals surface area contributed by atoms with Gasteiger partial charge in [0.15, 0.2) is 5.16 Å². The second kappa shape index (κ2) is 5.77. The van der Waals surface area contributed by atoms with E-state index in [0.717, 1.165) is 0 Å². The molecular formula is C13H13N5OS. The summed E-state index contributed by atoms with van der Waals surface area (Å²) in [6.45, 7) is 1.65. The Hall–Kier alpha value is -2.30. The van der Waals surface area contributed by atoms with Gasteiger partial charge in [-0.15, -0.1) is 0 Å². The number of nitrogens with two attached hydrogens (primary N) is 2. The van der Waals surface area contributed by atoms with Crippen LogP contribution in [-0.4, -0.2) is 15.1 Å². The van der Waals surface area contributed by atoms with Gasteiger partial charge in [-0.1, -0.05) is 6.07 Å². The average molecular weight is 287 g/mol. The van der Waals surface area contributed by atoms with E-state index in [1.54, 1.807) is 25.1 Å². The van der Waals surface area contributed by atoms with Crippen LogP contribution in [0.1, 0.15) is 24.2 Å². The van der Waals surface area contributed by atoms with Crippen LogP contribution in [-0.2, 0) is 0 Å². The number of hydrogen-bond donors (Lipinski definition) is 3. The summed E-state index contributed by atoms with van der Waals surface area (Å²) in [5.41, 5.74) is 12.4. The van der Waals surface area contributed by atoms with Gasteiger partial charge in [0.05, 0.1) is 17.7 Å². The maximum absolute atomic E-state index is 9.77. The second-order valence-corrected chi connectivity index (χ2v) is 5.15. The third kappa shape index (κ3) is 3.17. The lowest BCUT2D eigenvalue weighted by atomic mass is 10.1. The molecule has 7 heteroatoms. The normalized spacial score (nSPS) is 11.8. The highest BCUT2D eigenvalue weighted by atomic mass is 32.2. The summed E-state index contributed by atoms with van der Waals surface area (Å²) in [7, 11) is 0. The maximum Gasteiger partial charge on any atom is 0.196 e. The molecule has 0 saturated carbocycles. The van der Waals surface area contributed by atoms with Crippen LogP contribution < -0.4 is 11.5 Å². The number of aliphatic hydroxyl groups excluding tert-OH is 1. The van der Waals surface area contributed by atoms with Crippen LogP contribution in [0.25, 0.3) is 0 Å². The second-order valence-electron chi connectivity index (χ2n) is 4.14. The van der Waals surface area contributed by atoms with Crippen LogP contribution >= 0.6 is 11.8 Å². The van der Waals surface area contributed by atoms with E-state index in [9.17, 15) is 5.11 Å². The van der Waals surface area contributed by atoms with Gasteiger partial charge in [0.25, 0.3) is 0 Å². The van der Waals surface area contributed by atoms with Crippen LogP contribution in [0.4, 0.5) is 11.6 Å². The molecule has 1 atom stereocenters. The first-order valence-corrected chi connectivity index (χ1v) is 6.61. The van der Waals surface area contributed by atoms with Gasteiger partial charge in [0.1, 0.15) is 11.6 Å². The lowest BCUT2D eigenvalue weighted by molar-refractivity contribution is 0.196. The Labute approximate surface area is 120 Å². The molecule has 1 aromatic heterocycles. The van der Waals surface area contributed by atoms with Crippen LogP contribution in [0.3, 0.4) is 0 Å². The average Bonchev–Trinajstić information content (AvgIpc) is 2.37. The van der Waals surface area contributed by atoms with E-state index >= 15 is 0 Å². The Kier molecular flexibility index (Phi) is 4.08. The van der Waals surface area contributed by atoms with Crippen molar-refractivity contribution >= 4 is 23.4 Å². The smallest absolute Gasteiger partial charge is 0.196 e. The standard InChI is InChI=1S/C13H13N5OS/c1-7(19)9-3-2-8(6-14)4-10(9)20-13-17-11(15)5-12(16)18-13/h2-5,7,19H,1H3,(H4,15,16,17,18). The van der Waals surface area contributed by atoms with Crippen LogP contribution in [0.15, 0.2) is 34.3 Å². The number of aliphatic hydroxyl groups is 1. The zero-order valence-corrected chi connectivity index (χ0v) is 11.6.